The molecule has 0 aliphatic heterocycles. The van der Waals surface area contributed by atoms with Crippen LogP contribution in [0, 0.1) is 6.07 Å². The largest absolute Gasteiger partial charge is 0.322 e. The fourth-order valence-corrected chi connectivity index (χ4v) is 4.14. The Balaban J connectivity index is 0.00000210. The van der Waals surface area contributed by atoms with E-state index in [-0.39, 0.29) is 20.1 Å². The molecule has 4 aromatic rings. The third-order valence-electron chi connectivity index (χ3n) is 4.65. The van der Waals surface area contributed by atoms with Crippen LogP contribution in [-0.4, -0.2) is 19.7 Å². The van der Waals surface area contributed by atoms with Gasteiger partial charge in [0.1, 0.15) is 6.33 Å². The van der Waals surface area contributed by atoms with E-state index in [0.717, 1.165) is 21.6 Å². The van der Waals surface area contributed by atoms with Crippen molar-refractivity contribution in [3.8, 4) is 17.1 Å². The quantitative estimate of drug-likeness (QED) is 0.310. The van der Waals surface area contributed by atoms with E-state index in [9.17, 15) is 0 Å². The van der Waals surface area contributed by atoms with Crippen molar-refractivity contribution in [1.82, 2.24) is 19.7 Å². The number of fused-ring (bicyclic) bond motifs is 1. The number of benzene rings is 2. The van der Waals surface area contributed by atoms with Gasteiger partial charge in [-0.05, 0) is 33.2 Å². The van der Waals surface area contributed by atoms with Gasteiger partial charge in [0.25, 0.3) is 0 Å². The van der Waals surface area contributed by atoms with Crippen LogP contribution in [-0.2, 0) is 20.1 Å². The van der Waals surface area contributed by atoms with Crippen molar-refractivity contribution >= 4 is 21.6 Å². The summed E-state index contributed by atoms with van der Waals surface area (Å²) >= 11 is 1.61. The van der Waals surface area contributed by atoms with E-state index in [2.05, 4.69) is 71.7 Å². The van der Waals surface area contributed by atoms with Crippen LogP contribution < -0.4 is 0 Å². The van der Waals surface area contributed by atoms with Crippen LogP contribution >= 0.6 is 11.3 Å². The molecule has 0 amide bonds. The smallest absolute Gasteiger partial charge is 0.114 e. The zero-order valence-electron chi connectivity index (χ0n) is 15.7. The Morgan fingerprint density at radius 1 is 1.04 bits per heavy atom. The predicted octanol–water partition coefficient (Wildman–Crippen LogP) is 5.59. The predicted molar refractivity (Wildman–Crippen MR) is 107 cm³/mol. The first-order valence-corrected chi connectivity index (χ1v) is 9.73. The number of aromatic nitrogens is 4. The summed E-state index contributed by atoms with van der Waals surface area (Å²) in [4.78, 5) is 4.42. The van der Waals surface area contributed by atoms with Crippen LogP contribution in [0.15, 0.2) is 42.2 Å². The molecular weight excluding hydrogens is 533 g/mol. The average Bonchev–Trinajstić information content (AvgIpc) is 3.29. The summed E-state index contributed by atoms with van der Waals surface area (Å²) < 4.78 is 3.21. The molecule has 0 fully saturated rings. The summed E-state index contributed by atoms with van der Waals surface area (Å²) in [5, 5.41) is 8.70. The summed E-state index contributed by atoms with van der Waals surface area (Å²) in [7, 11) is 0. The van der Waals surface area contributed by atoms with E-state index in [4.69, 9.17) is 0 Å². The monoisotopic (exact) mass is 554 g/mol. The van der Waals surface area contributed by atoms with E-state index >= 15 is 0 Å². The van der Waals surface area contributed by atoms with Gasteiger partial charge < -0.3 is 4.57 Å². The zero-order valence-corrected chi connectivity index (χ0v) is 18.9. The van der Waals surface area contributed by atoms with Crippen molar-refractivity contribution in [3.63, 3.8) is 0 Å². The summed E-state index contributed by atoms with van der Waals surface area (Å²) in [6.07, 6.45) is 1.82. The fraction of sp³-hybridized carbons (Fsp3) is 0.286. The van der Waals surface area contributed by atoms with Crippen LogP contribution in [0.4, 0.5) is 0 Å². The molecule has 0 atom stereocenters. The second-order valence-electron chi connectivity index (χ2n) is 7.04. The third-order valence-corrected chi connectivity index (χ3v) is 5.51. The van der Waals surface area contributed by atoms with E-state index in [1.165, 1.54) is 16.8 Å². The maximum absolute atomic E-state index is 4.45. The Kier molecular flexibility index (Phi) is 5.89. The van der Waals surface area contributed by atoms with Gasteiger partial charge in [0.05, 0.1) is 11.3 Å². The first kappa shape index (κ1) is 19.9. The first-order chi connectivity index (χ1) is 12.6. The average molecular weight is 554 g/mol. The molecule has 1 radical (unpaired) electrons. The second-order valence-corrected chi connectivity index (χ2v) is 7.89. The van der Waals surface area contributed by atoms with E-state index in [0.29, 0.717) is 11.8 Å². The maximum Gasteiger partial charge on any atom is 0.114 e. The zero-order chi connectivity index (χ0) is 18.3. The van der Waals surface area contributed by atoms with Gasteiger partial charge in [-0.1, -0.05) is 51.5 Å². The van der Waals surface area contributed by atoms with Crippen LogP contribution in [0.1, 0.15) is 50.7 Å². The van der Waals surface area contributed by atoms with Gasteiger partial charge in [-0.3, -0.25) is 4.98 Å². The Labute approximate surface area is 177 Å². The van der Waals surface area contributed by atoms with Crippen molar-refractivity contribution < 1.29 is 20.1 Å². The standard InChI is InChI=1S/C21H21N4S.Ir/c1-13(2)15-7-5-8-16(14(3)4)19(15)25-11-23-24-21(25)17-9-6-10-18-20(17)26-12-22-18;/h5-8,10-14H,1-4H3;/q-1;. The fourth-order valence-electron chi connectivity index (χ4n) is 3.36. The van der Waals surface area contributed by atoms with Crippen molar-refractivity contribution in [2.24, 2.45) is 0 Å². The molecule has 0 saturated heterocycles. The van der Waals surface area contributed by atoms with E-state index in [1.807, 2.05) is 24.0 Å². The van der Waals surface area contributed by atoms with Crippen LogP contribution in [0.3, 0.4) is 0 Å². The molecule has 2 aromatic carbocycles. The van der Waals surface area contributed by atoms with Crippen molar-refractivity contribution in [1.29, 1.82) is 0 Å². The van der Waals surface area contributed by atoms with Gasteiger partial charge in [-0.2, -0.15) is 16.4 Å². The van der Waals surface area contributed by atoms with E-state index in [1.54, 1.807) is 11.3 Å². The number of thiazole rings is 1. The van der Waals surface area contributed by atoms with Crippen LogP contribution in [0.25, 0.3) is 27.3 Å². The van der Waals surface area contributed by atoms with Crippen molar-refractivity contribution in [3.05, 3.63) is 59.4 Å². The summed E-state index contributed by atoms with van der Waals surface area (Å²) in [6, 6.07) is 13.8. The molecule has 2 heterocycles. The van der Waals surface area contributed by atoms with Gasteiger partial charge >= 0.3 is 0 Å². The van der Waals surface area contributed by atoms with Crippen LogP contribution in [0.2, 0.25) is 0 Å². The number of hydrogen-bond donors (Lipinski definition) is 0. The maximum atomic E-state index is 4.45. The van der Waals surface area contributed by atoms with Crippen LogP contribution in [0.5, 0.6) is 0 Å². The molecule has 141 valence electrons. The first-order valence-electron chi connectivity index (χ1n) is 8.85. The van der Waals surface area contributed by atoms with Gasteiger partial charge in [0.2, 0.25) is 0 Å². The second kappa shape index (κ2) is 8.01. The SMILES string of the molecule is CC(C)c1cccc(C(C)C)c1-n1cnnc1-c1[c-]ccc2ncsc12.[Ir]. The number of nitrogens with zero attached hydrogens (tertiary/aromatic N) is 4. The molecule has 0 aliphatic carbocycles. The van der Waals surface area contributed by atoms with Gasteiger partial charge in [-0.15, -0.1) is 23.3 Å². The van der Waals surface area contributed by atoms with Gasteiger partial charge in [-0.25, -0.2) is 0 Å². The molecule has 0 aliphatic rings. The minimum absolute atomic E-state index is 0. The van der Waals surface area contributed by atoms with Gasteiger partial charge in [0.15, 0.2) is 0 Å². The number of rotatable bonds is 4. The number of hydrogen-bond acceptors (Lipinski definition) is 4. The molecule has 27 heavy (non-hydrogen) atoms. The molecule has 4 rings (SSSR count). The van der Waals surface area contributed by atoms with Gasteiger partial charge in [0, 0.05) is 25.8 Å². The number of para-hydroxylation sites is 1. The minimum atomic E-state index is 0. The van der Waals surface area contributed by atoms with Crippen molar-refractivity contribution in [2.75, 3.05) is 0 Å². The van der Waals surface area contributed by atoms with E-state index < -0.39 is 0 Å². The Morgan fingerprint density at radius 2 is 1.74 bits per heavy atom. The Morgan fingerprint density at radius 3 is 2.41 bits per heavy atom. The third kappa shape index (κ3) is 3.49. The molecule has 0 saturated carbocycles. The molecule has 0 bridgehead atoms. The molecule has 2 aromatic heterocycles. The normalized spacial score (nSPS) is 11.3. The molecule has 0 unspecified atom stereocenters. The topological polar surface area (TPSA) is 43.6 Å². The molecular formula is C21H21IrN4S-. The Hall–Kier alpha value is -1.88. The van der Waals surface area contributed by atoms with Crippen molar-refractivity contribution in [2.45, 2.75) is 39.5 Å². The minimum Gasteiger partial charge on any atom is -0.322 e. The summed E-state index contributed by atoms with van der Waals surface area (Å²) in [6.45, 7) is 8.90. The molecule has 0 spiro atoms. The summed E-state index contributed by atoms with van der Waals surface area (Å²) in [5.74, 6) is 1.62. The Bertz CT molecular complexity index is 1040. The summed E-state index contributed by atoms with van der Waals surface area (Å²) in [5.41, 5.74) is 7.58. The molecule has 0 N–H and O–H groups in total. The molecule has 4 nitrogen and oxygen atoms in total. The molecule has 6 heteroatoms.